The molecule has 19 heavy (non-hydrogen) atoms. The van der Waals surface area contributed by atoms with Crippen LogP contribution in [-0.4, -0.2) is 20.7 Å². The van der Waals surface area contributed by atoms with Crippen LogP contribution in [0.3, 0.4) is 0 Å². The van der Waals surface area contributed by atoms with Gasteiger partial charge >= 0.3 is 5.97 Å². The minimum Gasteiger partial charge on any atom is -0.463 e. The van der Waals surface area contributed by atoms with E-state index < -0.39 is 8.07 Å². The molecule has 106 valence electrons. The lowest BCUT2D eigenvalue weighted by molar-refractivity contribution is -0.137. The third kappa shape index (κ3) is 7.62. The van der Waals surface area contributed by atoms with Gasteiger partial charge < -0.3 is 4.74 Å². The van der Waals surface area contributed by atoms with Gasteiger partial charge in [0.1, 0.15) is 0 Å². The summed E-state index contributed by atoms with van der Waals surface area (Å²) in [4.78, 5) is 11.2. The highest BCUT2D eigenvalue weighted by atomic mass is 28.3. The van der Waals surface area contributed by atoms with Crippen LogP contribution in [0.4, 0.5) is 0 Å². The minimum atomic E-state index is -1.45. The minimum absolute atomic E-state index is 0.258. The number of rotatable bonds is 11. The number of esters is 1. The fourth-order valence-corrected chi connectivity index (χ4v) is 6.12. The highest BCUT2D eigenvalue weighted by molar-refractivity contribution is 6.81. The molecule has 0 aromatic carbocycles. The SMILES string of the molecule is C=CC[Si](CC=C)(CC=C)CCCOC(=O)C=CC. The van der Waals surface area contributed by atoms with Crippen molar-refractivity contribution in [2.75, 3.05) is 6.61 Å². The Labute approximate surface area is 118 Å². The number of ether oxygens (including phenoxy) is 1. The Hall–Kier alpha value is -1.35. The van der Waals surface area contributed by atoms with Crippen LogP contribution in [0, 0.1) is 0 Å². The molecule has 0 spiro atoms. The summed E-state index contributed by atoms with van der Waals surface area (Å²) in [5, 5.41) is 0. The first-order valence-corrected chi connectivity index (χ1v) is 9.59. The number of hydrogen-bond acceptors (Lipinski definition) is 2. The fourth-order valence-electron chi connectivity index (χ4n) is 2.28. The molecule has 0 bridgehead atoms. The summed E-state index contributed by atoms with van der Waals surface area (Å²) in [5.74, 6) is -0.258. The highest BCUT2D eigenvalue weighted by Gasteiger charge is 2.28. The van der Waals surface area contributed by atoms with E-state index in [1.54, 1.807) is 13.0 Å². The average molecular weight is 278 g/mol. The van der Waals surface area contributed by atoms with E-state index in [-0.39, 0.29) is 5.97 Å². The lowest BCUT2D eigenvalue weighted by atomic mass is 10.5. The average Bonchev–Trinajstić information content (AvgIpc) is 2.36. The van der Waals surface area contributed by atoms with Gasteiger partial charge in [-0.25, -0.2) is 4.79 Å². The number of allylic oxidation sites excluding steroid dienone is 4. The first kappa shape index (κ1) is 17.6. The normalized spacial score (nSPS) is 11.2. The lowest BCUT2D eigenvalue weighted by Crippen LogP contribution is -2.32. The first-order valence-electron chi connectivity index (χ1n) is 6.76. The maximum absolute atomic E-state index is 11.2. The summed E-state index contributed by atoms with van der Waals surface area (Å²) in [7, 11) is -1.45. The van der Waals surface area contributed by atoms with Gasteiger partial charge in [0.15, 0.2) is 0 Å². The Bertz CT molecular complexity index is 305. The van der Waals surface area contributed by atoms with E-state index in [2.05, 4.69) is 19.7 Å². The zero-order valence-electron chi connectivity index (χ0n) is 12.1. The molecule has 0 amide bonds. The Morgan fingerprint density at radius 3 is 2.05 bits per heavy atom. The van der Waals surface area contributed by atoms with Gasteiger partial charge in [0.2, 0.25) is 0 Å². The van der Waals surface area contributed by atoms with Crippen molar-refractivity contribution in [1.82, 2.24) is 0 Å². The Morgan fingerprint density at radius 2 is 1.63 bits per heavy atom. The first-order chi connectivity index (χ1) is 9.14. The Kier molecular flexibility index (Phi) is 9.81. The molecular formula is C16H26O2Si. The van der Waals surface area contributed by atoms with Crippen molar-refractivity contribution < 1.29 is 9.53 Å². The van der Waals surface area contributed by atoms with Crippen LogP contribution in [0.25, 0.3) is 0 Å². The second-order valence-corrected chi connectivity index (χ2v) is 9.47. The Morgan fingerprint density at radius 1 is 1.11 bits per heavy atom. The van der Waals surface area contributed by atoms with E-state index in [9.17, 15) is 4.79 Å². The maximum atomic E-state index is 11.2. The van der Waals surface area contributed by atoms with Crippen LogP contribution in [-0.2, 0) is 9.53 Å². The molecule has 0 heterocycles. The van der Waals surface area contributed by atoms with Crippen LogP contribution in [0.1, 0.15) is 13.3 Å². The molecule has 0 N–H and O–H groups in total. The van der Waals surface area contributed by atoms with Gasteiger partial charge in [-0.1, -0.05) is 30.3 Å². The second-order valence-electron chi connectivity index (χ2n) is 4.75. The van der Waals surface area contributed by atoms with E-state index in [1.807, 2.05) is 18.2 Å². The van der Waals surface area contributed by atoms with Gasteiger partial charge in [-0.3, -0.25) is 0 Å². The van der Waals surface area contributed by atoms with Gasteiger partial charge in [0, 0.05) is 6.08 Å². The van der Waals surface area contributed by atoms with Crippen molar-refractivity contribution in [3.63, 3.8) is 0 Å². The number of carbonyl (C=O) groups is 1. The van der Waals surface area contributed by atoms with E-state index in [0.717, 1.165) is 30.6 Å². The predicted molar refractivity (Wildman–Crippen MR) is 86.0 cm³/mol. The molecule has 0 aromatic rings. The quantitative estimate of drug-likeness (QED) is 0.183. The number of hydrogen-bond donors (Lipinski definition) is 0. The summed E-state index contributed by atoms with van der Waals surface area (Å²) >= 11 is 0. The van der Waals surface area contributed by atoms with Gasteiger partial charge in [-0.05, 0) is 31.5 Å². The maximum Gasteiger partial charge on any atom is 0.330 e. The largest absolute Gasteiger partial charge is 0.463 e. The van der Waals surface area contributed by atoms with E-state index in [1.165, 1.54) is 6.08 Å². The fraction of sp³-hybridized carbons (Fsp3) is 0.438. The highest BCUT2D eigenvalue weighted by Crippen LogP contribution is 2.28. The molecule has 0 radical (unpaired) electrons. The van der Waals surface area contributed by atoms with Crippen molar-refractivity contribution in [3.8, 4) is 0 Å². The molecule has 0 aliphatic carbocycles. The van der Waals surface area contributed by atoms with E-state index in [0.29, 0.717) is 6.61 Å². The Balaban J connectivity index is 4.31. The molecule has 0 fully saturated rings. The van der Waals surface area contributed by atoms with Crippen LogP contribution in [0.15, 0.2) is 50.1 Å². The lowest BCUT2D eigenvalue weighted by Gasteiger charge is -2.28. The molecular weight excluding hydrogens is 252 g/mol. The molecule has 0 saturated carbocycles. The number of carbonyl (C=O) groups excluding carboxylic acids is 1. The van der Waals surface area contributed by atoms with Crippen molar-refractivity contribution in [3.05, 3.63) is 50.1 Å². The van der Waals surface area contributed by atoms with Gasteiger partial charge in [-0.15, -0.1) is 19.7 Å². The van der Waals surface area contributed by atoms with Gasteiger partial charge in [0.05, 0.1) is 14.7 Å². The predicted octanol–water partition coefficient (Wildman–Crippen LogP) is 4.50. The van der Waals surface area contributed by atoms with Crippen LogP contribution < -0.4 is 0 Å². The molecule has 3 heteroatoms. The van der Waals surface area contributed by atoms with Crippen molar-refractivity contribution in [2.24, 2.45) is 0 Å². The third-order valence-corrected chi connectivity index (χ3v) is 8.01. The van der Waals surface area contributed by atoms with Crippen LogP contribution >= 0.6 is 0 Å². The third-order valence-electron chi connectivity index (χ3n) is 3.13. The topological polar surface area (TPSA) is 26.3 Å². The standard InChI is InChI=1S/C16H26O2Si/c1-5-10-16(17)18-11-9-15-19(12-6-2,13-7-3)14-8-4/h5-8,10H,2-4,9,11-15H2,1H3. The molecule has 2 nitrogen and oxygen atoms in total. The van der Waals surface area contributed by atoms with E-state index in [4.69, 9.17) is 4.74 Å². The summed E-state index contributed by atoms with van der Waals surface area (Å²) in [5.41, 5.74) is 0. The molecule has 0 rings (SSSR count). The van der Waals surface area contributed by atoms with Crippen LogP contribution in [0.2, 0.25) is 24.2 Å². The summed E-state index contributed by atoms with van der Waals surface area (Å²) < 4.78 is 5.13. The second kappa shape index (κ2) is 10.6. The molecule has 0 aliphatic rings. The van der Waals surface area contributed by atoms with Crippen LogP contribution in [0.5, 0.6) is 0 Å². The molecule has 0 saturated heterocycles. The van der Waals surface area contributed by atoms with Crippen molar-refractivity contribution >= 4 is 14.0 Å². The van der Waals surface area contributed by atoms with Crippen molar-refractivity contribution in [2.45, 2.75) is 37.5 Å². The zero-order valence-corrected chi connectivity index (χ0v) is 13.1. The summed E-state index contributed by atoms with van der Waals surface area (Å²) in [6.07, 6.45) is 10.1. The van der Waals surface area contributed by atoms with Gasteiger partial charge in [0.25, 0.3) is 0 Å². The smallest absolute Gasteiger partial charge is 0.330 e. The summed E-state index contributed by atoms with van der Waals surface area (Å²) in [6.45, 7) is 13.9. The van der Waals surface area contributed by atoms with Gasteiger partial charge in [-0.2, -0.15) is 0 Å². The monoisotopic (exact) mass is 278 g/mol. The molecule has 0 aliphatic heterocycles. The van der Waals surface area contributed by atoms with Crippen molar-refractivity contribution in [1.29, 1.82) is 0 Å². The molecule has 0 aromatic heterocycles. The van der Waals surface area contributed by atoms with E-state index >= 15 is 0 Å². The summed E-state index contributed by atoms with van der Waals surface area (Å²) in [6, 6.07) is 4.30. The molecule has 0 unspecified atom stereocenters. The molecule has 0 atom stereocenters. The zero-order chi connectivity index (χ0) is 14.6.